The molecule has 1 unspecified atom stereocenters. The van der Waals surface area contributed by atoms with Crippen LogP contribution in [0.4, 0.5) is 26.2 Å². The van der Waals surface area contributed by atoms with Crippen LogP contribution in [0.1, 0.15) is 59.2 Å². The first kappa shape index (κ1) is 42.9. The highest BCUT2D eigenvalue weighted by atomic mass is 19.1. The van der Waals surface area contributed by atoms with Gasteiger partial charge in [-0.15, -0.1) is 0 Å². The van der Waals surface area contributed by atoms with Crippen molar-refractivity contribution in [2.75, 3.05) is 101 Å². The fourth-order valence-electron chi connectivity index (χ4n) is 10.3. The number of nitrogens with one attached hydrogen (secondary N) is 3. The summed E-state index contributed by atoms with van der Waals surface area (Å²) in [6.45, 7) is 9.03. The van der Waals surface area contributed by atoms with Gasteiger partial charge in [-0.3, -0.25) is 29.4 Å². The molecule has 3 aromatic carbocycles. The van der Waals surface area contributed by atoms with Crippen LogP contribution in [-0.2, 0) is 9.59 Å². The summed E-state index contributed by atoms with van der Waals surface area (Å²) in [6, 6.07) is 16.3. The molecule has 0 radical (unpaired) electrons. The van der Waals surface area contributed by atoms with Crippen LogP contribution in [0.15, 0.2) is 54.6 Å². The van der Waals surface area contributed by atoms with Crippen LogP contribution in [0, 0.1) is 11.7 Å². The van der Waals surface area contributed by atoms with Crippen LogP contribution in [0.3, 0.4) is 0 Å². The number of piperazine rings is 1. The van der Waals surface area contributed by atoms with Gasteiger partial charge in [0.1, 0.15) is 17.6 Å². The molecule has 0 spiro atoms. The van der Waals surface area contributed by atoms with E-state index in [1.165, 1.54) is 13.2 Å². The maximum atomic E-state index is 16.0. The molecule has 0 saturated carbocycles. The van der Waals surface area contributed by atoms with Crippen LogP contribution in [0.2, 0.25) is 0 Å². The molecular weight excluding hydrogens is 820 g/mol. The lowest BCUT2D eigenvalue weighted by atomic mass is 9.95. The minimum atomic E-state index is -0.761. The first-order chi connectivity index (χ1) is 30.9. The number of imide groups is 1. The number of aromatic amines is 1. The summed E-state index contributed by atoms with van der Waals surface area (Å²) in [4.78, 5) is 78.4. The van der Waals surface area contributed by atoms with E-state index in [1.54, 1.807) is 11.0 Å². The minimum absolute atomic E-state index is 0.00878. The summed E-state index contributed by atoms with van der Waals surface area (Å²) >= 11 is 0. The zero-order valence-electron chi connectivity index (χ0n) is 36.5. The quantitative estimate of drug-likeness (QED) is 0.161. The van der Waals surface area contributed by atoms with Crippen LogP contribution in [0.5, 0.6) is 5.75 Å². The molecule has 2 atom stereocenters. The molecule has 0 aliphatic carbocycles. The number of hydrogen-bond donors (Lipinski definition) is 4. The van der Waals surface area contributed by atoms with Gasteiger partial charge in [-0.2, -0.15) is 0 Å². The van der Waals surface area contributed by atoms with Gasteiger partial charge in [0.2, 0.25) is 11.8 Å². The number of rotatable bonds is 11. The molecule has 5 saturated heterocycles. The third-order valence-corrected chi connectivity index (χ3v) is 13.9. The zero-order valence-corrected chi connectivity index (χ0v) is 36.5. The normalized spacial score (nSPS) is 21.5. The van der Waals surface area contributed by atoms with Crippen molar-refractivity contribution in [2.24, 2.45) is 11.7 Å². The van der Waals surface area contributed by atoms with Crippen molar-refractivity contribution < 1.29 is 33.1 Å². The highest BCUT2D eigenvalue weighted by Crippen LogP contribution is 2.38. The Kier molecular flexibility index (Phi) is 12.1. The number of amides is 6. The predicted octanol–water partition coefficient (Wildman–Crippen LogP) is 3.99. The standard InChI is InChI=1S/C47H57FN10O6/c1-53-18-23-58(47(53)63)33-4-3-15-57(28-33)43-35-26-39(50-42(35)36(44(49)60)25-37(43)48)30-5-7-31(8-6-30)55-16-13-29(14-17-55)27-54-19-21-56(22-20-54)32-9-10-34(40(24-32)64-2)45(61)51-38-11-12-41(59)52-46(38)62/h5-10,24-26,29,33,38,50H,3-4,11-23,27-28H2,1-2H3,(H2,49,60)(H,51,61)(H,52,59,62)/t33-,38?/m1/s1. The molecule has 64 heavy (non-hydrogen) atoms. The van der Waals surface area contributed by atoms with E-state index >= 15 is 4.39 Å². The predicted molar refractivity (Wildman–Crippen MR) is 242 cm³/mol. The van der Waals surface area contributed by atoms with Crippen LogP contribution in [0.25, 0.3) is 22.2 Å². The Bertz CT molecular complexity index is 2440. The largest absolute Gasteiger partial charge is 0.496 e. The molecule has 1 aromatic heterocycles. The lowest BCUT2D eigenvalue weighted by molar-refractivity contribution is -0.134. The van der Waals surface area contributed by atoms with Crippen LogP contribution >= 0.6 is 0 Å². The van der Waals surface area contributed by atoms with Gasteiger partial charge in [0.05, 0.1) is 35.5 Å². The van der Waals surface area contributed by atoms with Crippen molar-refractivity contribution in [1.29, 1.82) is 0 Å². The Morgan fingerprint density at radius 3 is 2.25 bits per heavy atom. The summed E-state index contributed by atoms with van der Waals surface area (Å²) in [5, 5.41) is 5.61. The maximum Gasteiger partial charge on any atom is 0.320 e. The monoisotopic (exact) mass is 876 g/mol. The van der Waals surface area contributed by atoms with Gasteiger partial charge in [0.25, 0.3) is 11.8 Å². The summed E-state index contributed by atoms with van der Waals surface area (Å²) < 4.78 is 21.6. The molecule has 5 N–H and O–H groups in total. The molecule has 6 amide bonds. The summed E-state index contributed by atoms with van der Waals surface area (Å²) in [7, 11) is 3.33. The Morgan fingerprint density at radius 1 is 0.828 bits per heavy atom. The van der Waals surface area contributed by atoms with E-state index in [0.717, 1.165) is 94.1 Å². The number of halogens is 1. The molecule has 4 aromatic rings. The number of carbonyl (C=O) groups excluding carboxylic acids is 5. The van der Waals surface area contributed by atoms with Gasteiger partial charge in [-0.05, 0) is 80.0 Å². The summed E-state index contributed by atoms with van der Waals surface area (Å²) in [5.74, 6) is -1.42. The van der Waals surface area contributed by atoms with E-state index in [9.17, 15) is 24.0 Å². The molecule has 17 heteroatoms. The van der Waals surface area contributed by atoms with Crippen molar-refractivity contribution in [3.63, 3.8) is 0 Å². The molecule has 6 heterocycles. The number of H-pyrrole nitrogens is 1. The fraction of sp³-hybridized carbons (Fsp3) is 0.468. The molecule has 5 aliphatic rings. The second-order valence-corrected chi connectivity index (χ2v) is 17.9. The number of benzene rings is 3. The lowest BCUT2D eigenvalue weighted by Gasteiger charge is -2.40. The molecule has 0 bridgehead atoms. The number of urea groups is 1. The number of likely N-dealkylation sites (N-methyl/N-ethyl adjacent to an activating group) is 1. The van der Waals surface area contributed by atoms with Gasteiger partial charge in [-0.25, -0.2) is 9.18 Å². The Balaban J connectivity index is 0.789. The third kappa shape index (κ3) is 8.64. The Labute approximate surface area is 371 Å². The van der Waals surface area contributed by atoms with Gasteiger partial charge in [0.15, 0.2) is 0 Å². The van der Waals surface area contributed by atoms with Gasteiger partial charge >= 0.3 is 6.03 Å². The number of piperidine rings is 3. The number of ether oxygens (including phenoxy) is 1. The highest BCUT2D eigenvalue weighted by Gasteiger charge is 2.36. The highest BCUT2D eigenvalue weighted by molar-refractivity contribution is 6.10. The van der Waals surface area contributed by atoms with Crippen LogP contribution < -0.4 is 35.8 Å². The number of nitrogens with zero attached hydrogens (tertiary/aromatic N) is 6. The molecule has 5 fully saturated rings. The Hall–Kier alpha value is -6.36. The summed E-state index contributed by atoms with van der Waals surface area (Å²) in [5.41, 5.74) is 11.0. The average molecular weight is 877 g/mol. The second-order valence-electron chi connectivity index (χ2n) is 17.9. The number of methoxy groups -OCH3 is 1. The van der Waals surface area contributed by atoms with Gasteiger partial charge < -0.3 is 45.3 Å². The first-order valence-electron chi connectivity index (χ1n) is 22.5. The lowest BCUT2D eigenvalue weighted by Crippen LogP contribution is -2.52. The fourth-order valence-corrected chi connectivity index (χ4v) is 10.3. The maximum absolute atomic E-state index is 16.0. The number of aromatic nitrogens is 1. The van der Waals surface area contributed by atoms with E-state index in [4.69, 9.17) is 10.5 Å². The van der Waals surface area contributed by atoms with Crippen molar-refractivity contribution in [3.05, 3.63) is 71.5 Å². The van der Waals surface area contributed by atoms with Crippen molar-refractivity contribution in [1.82, 2.24) is 30.3 Å². The number of anilines is 3. The van der Waals surface area contributed by atoms with Gasteiger partial charge in [0, 0.05) is 114 Å². The topological polar surface area (TPSA) is 180 Å². The van der Waals surface area contributed by atoms with E-state index < -0.39 is 29.6 Å². The average Bonchev–Trinajstić information content (AvgIpc) is 3.89. The second kappa shape index (κ2) is 18.0. The van der Waals surface area contributed by atoms with Crippen molar-refractivity contribution in [2.45, 2.75) is 50.6 Å². The molecular formula is C47H57FN10O6. The minimum Gasteiger partial charge on any atom is -0.496 e. The van der Waals surface area contributed by atoms with E-state index in [2.05, 4.69) is 54.6 Å². The molecule has 9 rings (SSSR count). The number of nitrogens with two attached hydrogens (primary N) is 1. The number of fused-ring (bicyclic) bond motifs is 1. The zero-order chi connectivity index (χ0) is 44.6. The third-order valence-electron chi connectivity index (χ3n) is 13.9. The number of carbonyl (C=O) groups is 5. The smallest absolute Gasteiger partial charge is 0.320 e. The molecule has 5 aliphatic heterocycles. The SMILES string of the molecule is COc1cc(N2CCN(CC3CCN(c4ccc(-c5cc6c(N7CCC[C@@H](N8CCN(C)C8=O)C7)c(F)cc(C(N)=O)c6[nH]5)cc4)CC3)CC2)ccc1C(=O)NC1CCC(=O)NC1=O. The van der Waals surface area contributed by atoms with E-state index in [-0.39, 0.29) is 36.4 Å². The Morgan fingerprint density at radius 2 is 1.56 bits per heavy atom. The number of hydrogen-bond acceptors (Lipinski definition) is 10. The van der Waals surface area contributed by atoms with E-state index in [0.29, 0.717) is 60.0 Å². The number of primary amides is 1. The first-order valence-corrected chi connectivity index (χ1v) is 22.5. The molecule has 16 nitrogen and oxygen atoms in total. The molecule has 338 valence electrons. The summed E-state index contributed by atoms with van der Waals surface area (Å²) in [6.07, 6.45) is 4.31. The van der Waals surface area contributed by atoms with Crippen molar-refractivity contribution in [3.8, 4) is 17.0 Å². The van der Waals surface area contributed by atoms with E-state index in [1.807, 2.05) is 35.0 Å². The van der Waals surface area contributed by atoms with Crippen LogP contribution in [-0.4, -0.2) is 148 Å². The van der Waals surface area contributed by atoms with Crippen molar-refractivity contribution >= 4 is 57.6 Å². The van der Waals surface area contributed by atoms with Gasteiger partial charge in [-0.1, -0.05) is 12.1 Å².